The number of guanidine groups is 1. The second kappa shape index (κ2) is 7.92. The molecular weight excluding hydrogens is 314 g/mol. The maximum Gasteiger partial charge on any atom is 0.193 e. The summed E-state index contributed by atoms with van der Waals surface area (Å²) in [5.74, 6) is 1.91. The Morgan fingerprint density at radius 3 is 2.76 bits per heavy atom. The first-order chi connectivity index (χ1) is 12.2. The minimum atomic E-state index is 0.414. The van der Waals surface area contributed by atoms with Crippen LogP contribution in [0.2, 0.25) is 0 Å². The normalized spacial score (nSPS) is 13.9. The van der Waals surface area contributed by atoms with E-state index in [1.165, 1.54) is 24.0 Å². The van der Waals surface area contributed by atoms with E-state index in [4.69, 9.17) is 15.2 Å². The summed E-state index contributed by atoms with van der Waals surface area (Å²) in [4.78, 5) is 4.47. The topological polar surface area (TPSA) is 68.9 Å². The molecule has 0 heterocycles. The summed E-state index contributed by atoms with van der Waals surface area (Å²) in [6, 6.07) is 12.0. The molecule has 1 aliphatic carbocycles. The van der Waals surface area contributed by atoms with E-state index in [1.807, 2.05) is 18.2 Å². The number of ether oxygens (including phenoxy) is 2. The second-order valence-corrected chi connectivity index (χ2v) is 6.15. The molecule has 0 unspecified atom stereocenters. The standard InChI is InChI=1S/C20H25N3O2/c1-24-16-11-10-15(19(12-16)25-2)13-22-20(21)23-18-9-5-7-14-6-3-4-8-17(14)18/h5,7,9-12H,3-4,6,8,13H2,1-2H3,(H3,21,22,23). The molecule has 5 nitrogen and oxygen atoms in total. The van der Waals surface area contributed by atoms with Crippen molar-refractivity contribution >= 4 is 11.6 Å². The highest BCUT2D eigenvalue weighted by atomic mass is 16.5. The highest BCUT2D eigenvalue weighted by Gasteiger charge is 2.13. The Morgan fingerprint density at radius 1 is 1.12 bits per heavy atom. The monoisotopic (exact) mass is 339 g/mol. The average molecular weight is 339 g/mol. The maximum absolute atomic E-state index is 6.11. The van der Waals surface area contributed by atoms with Crippen molar-refractivity contribution in [1.29, 1.82) is 0 Å². The zero-order chi connectivity index (χ0) is 17.6. The first kappa shape index (κ1) is 17.1. The minimum absolute atomic E-state index is 0.414. The maximum atomic E-state index is 6.11. The van der Waals surface area contributed by atoms with Crippen molar-refractivity contribution in [2.75, 3.05) is 19.5 Å². The minimum Gasteiger partial charge on any atom is -0.497 e. The number of aryl methyl sites for hydroxylation is 1. The van der Waals surface area contributed by atoms with Crippen molar-refractivity contribution in [2.24, 2.45) is 10.7 Å². The van der Waals surface area contributed by atoms with Gasteiger partial charge in [0.2, 0.25) is 0 Å². The third-order valence-electron chi connectivity index (χ3n) is 4.57. The van der Waals surface area contributed by atoms with Crippen LogP contribution in [-0.4, -0.2) is 20.2 Å². The van der Waals surface area contributed by atoms with Gasteiger partial charge in [-0.1, -0.05) is 12.1 Å². The van der Waals surface area contributed by atoms with Crippen LogP contribution in [0.4, 0.5) is 5.69 Å². The molecule has 0 aromatic heterocycles. The third kappa shape index (κ3) is 4.05. The summed E-state index contributed by atoms with van der Waals surface area (Å²) < 4.78 is 10.6. The van der Waals surface area contributed by atoms with E-state index < -0.39 is 0 Å². The summed E-state index contributed by atoms with van der Waals surface area (Å²) in [6.45, 7) is 0.445. The molecule has 0 saturated heterocycles. The summed E-state index contributed by atoms with van der Waals surface area (Å²) in [5, 5.41) is 3.26. The molecule has 0 bridgehead atoms. The number of nitrogens with one attached hydrogen (secondary N) is 1. The number of fused-ring (bicyclic) bond motifs is 1. The fourth-order valence-electron chi connectivity index (χ4n) is 3.23. The van der Waals surface area contributed by atoms with Gasteiger partial charge < -0.3 is 20.5 Å². The fraction of sp³-hybridized carbons (Fsp3) is 0.350. The van der Waals surface area contributed by atoms with Gasteiger partial charge in [-0.2, -0.15) is 0 Å². The molecule has 0 aliphatic heterocycles. The molecule has 0 spiro atoms. The Bertz CT molecular complexity index is 772. The van der Waals surface area contributed by atoms with Gasteiger partial charge >= 0.3 is 0 Å². The van der Waals surface area contributed by atoms with E-state index in [1.54, 1.807) is 14.2 Å². The molecular formula is C20H25N3O2. The van der Waals surface area contributed by atoms with Crippen molar-refractivity contribution in [3.05, 3.63) is 53.1 Å². The van der Waals surface area contributed by atoms with E-state index in [-0.39, 0.29) is 0 Å². The van der Waals surface area contributed by atoms with Crippen LogP contribution in [0, 0.1) is 0 Å². The molecule has 25 heavy (non-hydrogen) atoms. The van der Waals surface area contributed by atoms with E-state index in [0.717, 1.165) is 35.6 Å². The predicted molar refractivity (Wildman–Crippen MR) is 102 cm³/mol. The Balaban J connectivity index is 1.73. The van der Waals surface area contributed by atoms with Crippen LogP contribution in [-0.2, 0) is 19.4 Å². The Hall–Kier alpha value is -2.69. The lowest BCUT2D eigenvalue weighted by Crippen LogP contribution is -2.24. The number of rotatable bonds is 5. The van der Waals surface area contributed by atoms with Crippen molar-refractivity contribution in [3.8, 4) is 11.5 Å². The number of benzene rings is 2. The first-order valence-electron chi connectivity index (χ1n) is 8.60. The SMILES string of the molecule is COc1ccc(CN=C(N)Nc2cccc3c2CCCC3)c(OC)c1. The number of aliphatic imine (C=N–C) groups is 1. The Kier molecular flexibility index (Phi) is 5.43. The largest absolute Gasteiger partial charge is 0.497 e. The van der Waals surface area contributed by atoms with Gasteiger partial charge in [-0.25, -0.2) is 4.99 Å². The molecule has 2 aromatic carbocycles. The van der Waals surface area contributed by atoms with Gasteiger partial charge in [0.05, 0.1) is 20.8 Å². The van der Waals surface area contributed by atoms with Gasteiger partial charge in [0, 0.05) is 17.3 Å². The average Bonchev–Trinajstić information content (AvgIpc) is 2.66. The van der Waals surface area contributed by atoms with E-state index >= 15 is 0 Å². The van der Waals surface area contributed by atoms with Crippen molar-refractivity contribution in [3.63, 3.8) is 0 Å². The molecule has 1 aliphatic rings. The van der Waals surface area contributed by atoms with Crippen molar-refractivity contribution < 1.29 is 9.47 Å². The van der Waals surface area contributed by atoms with E-state index in [9.17, 15) is 0 Å². The summed E-state index contributed by atoms with van der Waals surface area (Å²) in [7, 11) is 3.27. The highest BCUT2D eigenvalue weighted by molar-refractivity contribution is 5.93. The zero-order valence-electron chi connectivity index (χ0n) is 14.8. The third-order valence-corrected chi connectivity index (χ3v) is 4.57. The van der Waals surface area contributed by atoms with Crippen molar-refractivity contribution in [2.45, 2.75) is 32.2 Å². The lowest BCUT2D eigenvalue weighted by atomic mass is 9.90. The number of anilines is 1. The quantitative estimate of drug-likeness (QED) is 0.646. The predicted octanol–water partition coefficient (Wildman–Crippen LogP) is 3.51. The summed E-state index contributed by atoms with van der Waals surface area (Å²) in [6.07, 6.45) is 4.73. The van der Waals surface area contributed by atoms with Gasteiger partial charge in [0.1, 0.15) is 11.5 Å². The molecule has 0 radical (unpaired) electrons. The van der Waals surface area contributed by atoms with Gasteiger partial charge in [-0.15, -0.1) is 0 Å². The Labute approximate surface area is 148 Å². The zero-order valence-corrected chi connectivity index (χ0v) is 14.8. The molecule has 0 fully saturated rings. The van der Waals surface area contributed by atoms with Crippen LogP contribution in [0.1, 0.15) is 29.5 Å². The van der Waals surface area contributed by atoms with Crippen molar-refractivity contribution in [1.82, 2.24) is 0 Å². The lowest BCUT2D eigenvalue weighted by molar-refractivity contribution is 0.391. The van der Waals surface area contributed by atoms with Gasteiger partial charge in [0.15, 0.2) is 5.96 Å². The van der Waals surface area contributed by atoms with Crippen LogP contribution in [0.3, 0.4) is 0 Å². The number of nitrogens with zero attached hydrogens (tertiary/aromatic N) is 1. The number of nitrogens with two attached hydrogens (primary N) is 1. The van der Waals surface area contributed by atoms with Crippen LogP contribution in [0.5, 0.6) is 11.5 Å². The van der Waals surface area contributed by atoms with E-state index in [0.29, 0.717) is 12.5 Å². The first-order valence-corrected chi connectivity index (χ1v) is 8.60. The Morgan fingerprint density at radius 2 is 1.96 bits per heavy atom. The summed E-state index contributed by atoms with van der Waals surface area (Å²) in [5.41, 5.74) is 10.9. The molecule has 0 saturated carbocycles. The number of hydrogen-bond acceptors (Lipinski definition) is 3. The molecule has 5 heteroatoms. The number of hydrogen-bond donors (Lipinski definition) is 2. The number of methoxy groups -OCH3 is 2. The van der Waals surface area contributed by atoms with Crippen LogP contribution < -0.4 is 20.5 Å². The lowest BCUT2D eigenvalue weighted by Gasteiger charge is -2.19. The molecule has 0 amide bonds. The molecule has 3 rings (SSSR count). The molecule has 132 valence electrons. The van der Waals surface area contributed by atoms with Crippen LogP contribution in [0.15, 0.2) is 41.4 Å². The van der Waals surface area contributed by atoms with Crippen LogP contribution in [0.25, 0.3) is 0 Å². The second-order valence-electron chi connectivity index (χ2n) is 6.15. The van der Waals surface area contributed by atoms with Gasteiger partial charge in [0.25, 0.3) is 0 Å². The molecule has 2 aromatic rings. The summed E-state index contributed by atoms with van der Waals surface area (Å²) >= 11 is 0. The molecule has 3 N–H and O–H groups in total. The van der Waals surface area contributed by atoms with Gasteiger partial charge in [-0.05, 0) is 55.0 Å². The van der Waals surface area contributed by atoms with Crippen LogP contribution >= 0.6 is 0 Å². The van der Waals surface area contributed by atoms with Gasteiger partial charge in [-0.3, -0.25) is 0 Å². The van der Waals surface area contributed by atoms with E-state index in [2.05, 4.69) is 28.5 Å². The highest BCUT2D eigenvalue weighted by Crippen LogP contribution is 2.28. The fourth-order valence-corrected chi connectivity index (χ4v) is 3.23. The molecule has 0 atom stereocenters. The smallest absolute Gasteiger partial charge is 0.193 e.